The van der Waals surface area contributed by atoms with Gasteiger partial charge < -0.3 is 19.8 Å². The van der Waals surface area contributed by atoms with Crippen LogP contribution in [0.5, 0.6) is 0 Å². The standard InChI is InChI=1S/C31H43N7O2Si/c1-21-14-27(37-38(21)18-22-9-12-39-13-10-22)36-29-33-11-8-26(35-29)23-15-24(17-32)28-25(16-23)31(5,19-34-28)20-40-41(6,7)30(2,3)4/h8,11,14-16,22,34H,9-10,12-13,18-20H2,1-7H3,(H,33,35,36,37)/t31-/m1/s1. The van der Waals surface area contributed by atoms with Crippen LogP contribution in [0.2, 0.25) is 18.1 Å². The molecule has 0 spiro atoms. The van der Waals surface area contributed by atoms with Gasteiger partial charge in [-0.25, -0.2) is 9.97 Å². The maximum absolute atomic E-state index is 10.0. The van der Waals surface area contributed by atoms with Crippen molar-refractivity contribution in [2.45, 2.75) is 77.6 Å². The van der Waals surface area contributed by atoms with Gasteiger partial charge in [0.1, 0.15) is 6.07 Å². The van der Waals surface area contributed by atoms with E-state index < -0.39 is 8.32 Å². The van der Waals surface area contributed by atoms with E-state index >= 15 is 0 Å². The molecule has 1 saturated heterocycles. The number of anilines is 3. The number of hydrogen-bond acceptors (Lipinski definition) is 8. The summed E-state index contributed by atoms with van der Waals surface area (Å²) in [5.74, 6) is 1.77. The topological polar surface area (TPSA) is 110 Å². The van der Waals surface area contributed by atoms with E-state index in [0.29, 0.717) is 24.0 Å². The summed E-state index contributed by atoms with van der Waals surface area (Å²) in [6.45, 7) is 19.5. The highest BCUT2D eigenvalue weighted by Crippen LogP contribution is 2.44. The highest BCUT2D eigenvalue weighted by molar-refractivity contribution is 6.74. The van der Waals surface area contributed by atoms with Crippen LogP contribution in [0, 0.1) is 24.2 Å². The number of nitrogens with one attached hydrogen (secondary N) is 2. The Labute approximate surface area is 244 Å². The van der Waals surface area contributed by atoms with Crippen molar-refractivity contribution in [3.05, 3.63) is 47.3 Å². The second-order valence-electron chi connectivity index (χ2n) is 13.3. The fourth-order valence-corrected chi connectivity index (χ4v) is 6.34. The van der Waals surface area contributed by atoms with Crippen molar-refractivity contribution in [1.82, 2.24) is 19.7 Å². The van der Waals surface area contributed by atoms with E-state index in [1.54, 1.807) is 6.20 Å². The Morgan fingerprint density at radius 2 is 2.00 bits per heavy atom. The van der Waals surface area contributed by atoms with E-state index in [9.17, 15) is 5.26 Å². The molecule has 0 unspecified atom stereocenters. The summed E-state index contributed by atoms with van der Waals surface area (Å²) in [7, 11) is -1.94. The Morgan fingerprint density at radius 3 is 2.71 bits per heavy atom. The average molecular weight is 574 g/mol. The largest absolute Gasteiger partial charge is 0.416 e. The normalized spacial score (nSPS) is 19.5. The molecule has 10 heteroatoms. The number of nitrogens with zero attached hydrogens (tertiary/aromatic N) is 5. The maximum atomic E-state index is 10.0. The number of hydrogen-bond donors (Lipinski definition) is 2. The molecule has 0 radical (unpaired) electrons. The van der Waals surface area contributed by atoms with Crippen LogP contribution in [0.1, 0.15) is 57.4 Å². The van der Waals surface area contributed by atoms with E-state index in [4.69, 9.17) is 19.2 Å². The third kappa shape index (κ3) is 6.17. The zero-order valence-corrected chi connectivity index (χ0v) is 26.5. The maximum Gasteiger partial charge on any atom is 0.228 e. The number of nitriles is 1. The molecule has 2 aliphatic heterocycles. The molecule has 4 heterocycles. The number of aromatic nitrogens is 4. The van der Waals surface area contributed by atoms with E-state index in [1.165, 1.54) is 0 Å². The molecule has 0 aliphatic carbocycles. The Morgan fingerprint density at radius 1 is 1.24 bits per heavy atom. The fraction of sp³-hybridized carbons (Fsp3) is 0.548. The van der Waals surface area contributed by atoms with Gasteiger partial charge in [-0.1, -0.05) is 27.7 Å². The molecule has 1 fully saturated rings. The van der Waals surface area contributed by atoms with Crippen molar-refractivity contribution in [2.24, 2.45) is 5.92 Å². The summed E-state index contributed by atoms with van der Waals surface area (Å²) in [6, 6.07) is 10.4. The predicted molar refractivity (Wildman–Crippen MR) is 165 cm³/mol. The molecular formula is C31H43N7O2Si. The lowest BCUT2D eigenvalue weighted by atomic mass is 9.83. The predicted octanol–water partition coefficient (Wildman–Crippen LogP) is 6.40. The first kappa shape index (κ1) is 29.2. The summed E-state index contributed by atoms with van der Waals surface area (Å²) >= 11 is 0. The minimum Gasteiger partial charge on any atom is -0.416 e. The van der Waals surface area contributed by atoms with Crippen molar-refractivity contribution in [3.8, 4) is 17.3 Å². The Bertz CT molecular complexity index is 1450. The molecule has 2 aromatic heterocycles. The Hall–Kier alpha value is -3.26. The van der Waals surface area contributed by atoms with E-state index in [1.807, 2.05) is 18.2 Å². The molecule has 9 nitrogen and oxygen atoms in total. The van der Waals surface area contributed by atoms with Crippen molar-refractivity contribution < 1.29 is 9.16 Å². The third-order valence-corrected chi connectivity index (χ3v) is 13.5. The van der Waals surface area contributed by atoms with Crippen LogP contribution in [0.15, 0.2) is 30.5 Å². The van der Waals surface area contributed by atoms with Gasteiger partial charge in [-0.3, -0.25) is 4.68 Å². The van der Waals surface area contributed by atoms with E-state index in [0.717, 1.165) is 73.2 Å². The summed E-state index contributed by atoms with van der Waals surface area (Å²) in [5, 5.41) is 21.7. The minimum atomic E-state index is -1.94. The minimum absolute atomic E-state index is 0.126. The van der Waals surface area contributed by atoms with Crippen LogP contribution in [0.4, 0.5) is 17.5 Å². The van der Waals surface area contributed by atoms with Crippen molar-refractivity contribution in [2.75, 3.05) is 37.0 Å². The molecule has 41 heavy (non-hydrogen) atoms. The number of rotatable bonds is 8. The van der Waals surface area contributed by atoms with Gasteiger partial charge in [0.05, 0.1) is 16.9 Å². The SMILES string of the molecule is Cc1cc(Nc2nccc(-c3cc(C#N)c4c(c3)[C@@](C)(CO[Si](C)(C)C(C)(C)C)CN4)n2)nn1CC1CCOCC1. The quantitative estimate of drug-likeness (QED) is 0.298. The van der Waals surface area contributed by atoms with Gasteiger partial charge in [0.2, 0.25) is 5.95 Å². The summed E-state index contributed by atoms with van der Waals surface area (Å²) in [5.41, 5.74) is 5.09. The van der Waals surface area contributed by atoms with Crippen LogP contribution in [0.25, 0.3) is 11.3 Å². The molecule has 0 saturated carbocycles. The molecule has 3 aromatic rings. The van der Waals surface area contributed by atoms with Crippen LogP contribution in [-0.2, 0) is 21.1 Å². The van der Waals surface area contributed by atoms with Gasteiger partial charge in [0.25, 0.3) is 0 Å². The fourth-order valence-electron chi connectivity index (χ4n) is 5.23. The first-order valence-electron chi connectivity index (χ1n) is 14.6. The summed E-state index contributed by atoms with van der Waals surface area (Å²) in [6.07, 6.45) is 3.87. The van der Waals surface area contributed by atoms with E-state index in [-0.39, 0.29) is 10.5 Å². The molecule has 2 N–H and O–H groups in total. The van der Waals surface area contributed by atoms with Gasteiger partial charge >= 0.3 is 0 Å². The van der Waals surface area contributed by atoms with E-state index in [2.05, 4.69) is 80.1 Å². The molecular weight excluding hydrogens is 530 g/mol. The van der Waals surface area contributed by atoms with Crippen molar-refractivity contribution >= 4 is 25.8 Å². The monoisotopic (exact) mass is 573 g/mol. The Kier molecular flexibility index (Phi) is 7.98. The molecule has 1 atom stereocenters. The first-order valence-corrected chi connectivity index (χ1v) is 17.5. The highest BCUT2D eigenvalue weighted by Gasteiger charge is 2.42. The second-order valence-corrected chi connectivity index (χ2v) is 18.1. The zero-order valence-electron chi connectivity index (χ0n) is 25.5. The number of ether oxygens (including phenoxy) is 1. The molecule has 218 valence electrons. The second kappa shape index (κ2) is 11.2. The third-order valence-electron chi connectivity index (χ3n) is 9.07. The van der Waals surface area contributed by atoms with Gasteiger partial charge in [-0.05, 0) is 67.6 Å². The number of aryl methyl sites for hydroxylation is 1. The lowest BCUT2D eigenvalue weighted by Crippen LogP contribution is -2.45. The van der Waals surface area contributed by atoms with Gasteiger partial charge in [-0.2, -0.15) is 10.4 Å². The van der Waals surface area contributed by atoms with Gasteiger partial charge in [0.15, 0.2) is 14.1 Å². The van der Waals surface area contributed by atoms with Crippen LogP contribution < -0.4 is 10.6 Å². The smallest absolute Gasteiger partial charge is 0.228 e. The summed E-state index contributed by atoms with van der Waals surface area (Å²) in [4.78, 5) is 9.27. The van der Waals surface area contributed by atoms with Crippen LogP contribution in [0.3, 0.4) is 0 Å². The first-order chi connectivity index (χ1) is 19.4. The van der Waals surface area contributed by atoms with Crippen molar-refractivity contribution in [3.63, 3.8) is 0 Å². The molecule has 5 rings (SSSR count). The van der Waals surface area contributed by atoms with Crippen molar-refractivity contribution in [1.29, 1.82) is 5.26 Å². The molecule has 2 aliphatic rings. The Balaban J connectivity index is 1.38. The van der Waals surface area contributed by atoms with Crippen LogP contribution >= 0.6 is 0 Å². The zero-order chi connectivity index (χ0) is 29.4. The molecule has 0 bridgehead atoms. The number of benzene rings is 1. The number of fused-ring (bicyclic) bond motifs is 1. The molecule has 0 amide bonds. The van der Waals surface area contributed by atoms with Crippen LogP contribution in [-0.4, -0.2) is 54.4 Å². The lowest BCUT2D eigenvalue weighted by Gasteiger charge is -2.39. The van der Waals surface area contributed by atoms with Gasteiger partial charge in [-0.15, -0.1) is 0 Å². The lowest BCUT2D eigenvalue weighted by molar-refractivity contribution is 0.0600. The molecule has 1 aromatic carbocycles. The highest BCUT2D eigenvalue weighted by atomic mass is 28.4. The summed E-state index contributed by atoms with van der Waals surface area (Å²) < 4.78 is 14.2. The van der Waals surface area contributed by atoms with Gasteiger partial charge in [0, 0.05) is 61.8 Å². The average Bonchev–Trinajstić information content (AvgIpc) is 3.46.